The van der Waals surface area contributed by atoms with Gasteiger partial charge >= 0.3 is 0 Å². The van der Waals surface area contributed by atoms with E-state index in [1.54, 1.807) is 0 Å². The number of rotatable bonds is 5. The molecule has 0 atom stereocenters. The summed E-state index contributed by atoms with van der Waals surface area (Å²) < 4.78 is 13.0. The van der Waals surface area contributed by atoms with Crippen LogP contribution < -0.4 is 0 Å². The largest absolute Gasteiger partial charge is 0.456 e. The maximum absolute atomic E-state index is 6.57. The molecule has 50 heavy (non-hydrogen) atoms. The second kappa shape index (κ2) is 11.4. The van der Waals surface area contributed by atoms with Crippen LogP contribution in [0.4, 0.5) is 0 Å². The molecule has 0 saturated carbocycles. The lowest BCUT2D eigenvalue weighted by Crippen LogP contribution is -2.00. The summed E-state index contributed by atoms with van der Waals surface area (Å²) in [6.45, 7) is 0. The Kier molecular flexibility index (Phi) is 6.42. The first-order valence-corrected chi connectivity index (χ1v) is 16.6. The van der Waals surface area contributed by atoms with Gasteiger partial charge in [0.1, 0.15) is 22.3 Å². The van der Waals surface area contributed by atoms with Crippen molar-refractivity contribution in [3.63, 3.8) is 0 Å². The summed E-state index contributed by atoms with van der Waals surface area (Å²) in [5, 5.41) is 4.27. The number of nitrogens with zero attached hydrogens (tertiary/aromatic N) is 3. The molecule has 5 nitrogen and oxygen atoms in total. The molecular formula is C45H27N3O2. The van der Waals surface area contributed by atoms with E-state index in [9.17, 15) is 0 Å². The van der Waals surface area contributed by atoms with Gasteiger partial charge in [-0.2, -0.15) is 0 Å². The summed E-state index contributed by atoms with van der Waals surface area (Å²) in [7, 11) is 0. The molecule has 10 rings (SSSR count). The van der Waals surface area contributed by atoms with Crippen LogP contribution in [-0.4, -0.2) is 15.0 Å². The van der Waals surface area contributed by atoms with Crippen molar-refractivity contribution in [2.45, 2.75) is 0 Å². The minimum Gasteiger partial charge on any atom is -0.456 e. The lowest BCUT2D eigenvalue weighted by Gasteiger charge is -2.09. The third kappa shape index (κ3) is 4.67. The molecule has 0 radical (unpaired) electrons. The highest BCUT2D eigenvalue weighted by Gasteiger charge is 2.19. The van der Waals surface area contributed by atoms with Crippen molar-refractivity contribution in [2.75, 3.05) is 0 Å². The van der Waals surface area contributed by atoms with Crippen LogP contribution in [0.3, 0.4) is 0 Å². The molecule has 0 bridgehead atoms. The van der Waals surface area contributed by atoms with Gasteiger partial charge < -0.3 is 8.83 Å². The standard InChI is InChI=1S/C45H27N3O2/c1-4-13-28(14-5-1)36-25-32(26-37-34-19-10-11-21-38(34)50-42(36)37)33-20-12-22-39-41(33)35-24-23-31(27-40(35)49-39)45-47-43(29-15-6-2-7-16-29)46-44(48-45)30-17-8-3-9-18-30/h1-27H. The molecule has 0 amide bonds. The summed E-state index contributed by atoms with van der Waals surface area (Å²) >= 11 is 0. The van der Waals surface area contributed by atoms with Gasteiger partial charge in [-0.1, -0.05) is 127 Å². The van der Waals surface area contributed by atoms with Crippen molar-refractivity contribution < 1.29 is 8.83 Å². The van der Waals surface area contributed by atoms with Crippen molar-refractivity contribution in [3.05, 3.63) is 164 Å². The first kappa shape index (κ1) is 28.2. The third-order valence-electron chi connectivity index (χ3n) is 9.33. The first-order chi connectivity index (χ1) is 24.8. The molecule has 7 aromatic carbocycles. The molecule has 3 heterocycles. The highest BCUT2D eigenvalue weighted by atomic mass is 16.3. The van der Waals surface area contributed by atoms with Crippen molar-refractivity contribution in [3.8, 4) is 56.4 Å². The molecule has 3 aromatic heterocycles. The molecule has 0 aliphatic carbocycles. The first-order valence-electron chi connectivity index (χ1n) is 16.6. The number of para-hydroxylation sites is 1. The molecule has 0 aliphatic heterocycles. The minimum atomic E-state index is 0.588. The van der Waals surface area contributed by atoms with E-state index >= 15 is 0 Å². The van der Waals surface area contributed by atoms with Crippen molar-refractivity contribution >= 4 is 43.9 Å². The predicted molar refractivity (Wildman–Crippen MR) is 202 cm³/mol. The minimum absolute atomic E-state index is 0.588. The van der Waals surface area contributed by atoms with Crippen LogP contribution in [-0.2, 0) is 0 Å². The lowest BCUT2D eigenvalue weighted by atomic mass is 9.93. The Hall–Kier alpha value is -6.85. The zero-order valence-corrected chi connectivity index (χ0v) is 26.7. The molecule has 0 unspecified atom stereocenters. The number of hydrogen-bond donors (Lipinski definition) is 0. The summed E-state index contributed by atoms with van der Waals surface area (Å²) in [4.78, 5) is 14.7. The van der Waals surface area contributed by atoms with Crippen LogP contribution >= 0.6 is 0 Å². The SMILES string of the molecule is c1ccc(-c2nc(-c3ccccc3)nc(-c3ccc4c(c3)oc3cccc(-c5cc(-c6ccccc6)c6oc7ccccc7c6c5)c34)n2)cc1. The summed E-state index contributed by atoms with van der Waals surface area (Å²) in [6, 6.07) is 55.7. The van der Waals surface area contributed by atoms with E-state index in [1.165, 1.54) is 0 Å². The second-order valence-electron chi connectivity index (χ2n) is 12.4. The van der Waals surface area contributed by atoms with Gasteiger partial charge in [-0.25, -0.2) is 15.0 Å². The Morgan fingerprint density at radius 3 is 1.62 bits per heavy atom. The van der Waals surface area contributed by atoms with E-state index < -0.39 is 0 Å². The Labute approximate surface area is 287 Å². The molecule has 0 saturated heterocycles. The maximum Gasteiger partial charge on any atom is 0.164 e. The predicted octanol–water partition coefficient (Wildman–Crippen LogP) is 12.0. The monoisotopic (exact) mass is 641 g/mol. The van der Waals surface area contributed by atoms with Crippen LogP contribution in [0, 0.1) is 0 Å². The quantitative estimate of drug-likeness (QED) is 0.187. The Balaban J connectivity index is 1.16. The molecule has 0 spiro atoms. The number of hydrogen-bond acceptors (Lipinski definition) is 5. The van der Waals surface area contributed by atoms with Gasteiger partial charge in [-0.3, -0.25) is 0 Å². The number of aromatic nitrogens is 3. The fraction of sp³-hybridized carbons (Fsp3) is 0. The summed E-state index contributed by atoms with van der Waals surface area (Å²) in [5.41, 5.74) is 10.4. The number of benzene rings is 7. The van der Waals surface area contributed by atoms with Crippen LogP contribution in [0.15, 0.2) is 173 Å². The third-order valence-corrected chi connectivity index (χ3v) is 9.33. The van der Waals surface area contributed by atoms with E-state index in [2.05, 4.69) is 72.8 Å². The topological polar surface area (TPSA) is 65.0 Å². The normalized spacial score (nSPS) is 11.6. The maximum atomic E-state index is 6.57. The molecule has 10 aromatic rings. The van der Waals surface area contributed by atoms with Crippen LogP contribution in [0.1, 0.15) is 0 Å². The smallest absolute Gasteiger partial charge is 0.164 e. The van der Waals surface area contributed by atoms with E-state index in [4.69, 9.17) is 23.8 Å². The van der Waals surface area contributed by atoms with Crippen LogP contribution in [0.25, 0.3) is 100 Å². The van der Waals surface area contributed by atoms with Crippen molar-refractivity contribution in [1.29, 1.82) is 0 Å². The Bertz CT molecular complexity index is 2800. The van der Waals surface area contributed by atoms with Gasteiger partial charge in [-0.15, -0.1) is 0 Å². The highest BCUT2D eigenvalue weighted by molar-refractivity contribution is 6.16. The average molecular weight is 642 g/mol. The highest BCUT2D eigenvalue weighted by Crippen LogP contribution is 2.43. The zero-order chi connectivity index (χ0) is 33.0. The molecule has 0 aliphatic rings. The van der Waals surface area contributed by atoms with Crippen molar-refractivity contribution in [2.24, 2.45) is 0 Å². The second-order valence-corrected chi connectivity index (χ2v) is 12.4. The fourth-order valence-electron chi connectivity index (χ4n) is 6.96. The van der Waals surface area contributed by atoms with E-state index in [1.807, 2.05) is 91.0 Å². The Morgan fingerprint density at radius 1 is 0.320 bits per heavy atom. The van der Waals surface area contributed by atoms with Crippen molar-refractivity contribution in [1.82, 2.24) is 15.0 Å². The lowest BCUT2D eigenvalue weighted by molar-refractivity contribution is 0.669. The van der Waals surface area contributed by atoms with E-state index in [-0.39, 0.29) is 0 Å². The molecule has 234 valence electrons. The average Bonchev–Trinajstić information content (AvgIpc) is 3.76. The molecular weight excluding hydrogens is 615 g/mol. The zero-order valence-electron chi connectivity index (χ0n) is 26.7. The van der Waals surface area contributed by atoms with Crippen LogP contribution in [0.2, 0.25) is 0 Å². The fourth-order valence-corrected chi connectivity index (χ4v) is 6.96. The molecule has 0 fully saturated rings. The number of furan rings is 2. The molecule has 0 N–H and O–H groups in total. The summed E-state index contributed by atoms with van der Waals surface area (Å²) in [6.07, 6.45) is 0. The molecule has 5 heteroatoms. The van der Waals surface area contributed by atoms with E-state index in [0.717, 1.165) is 82.8 Å². The van der Waals surface area contributed by atoms with Gasteiger partial charge in [0.15, 0.2) is 17.5 Å². The van der Waals surface area contributed by atoms with Gasteiger partial charge in [-0.05, 0) is 53.1 Å². The van der Waals surface area contributed by atoms with Gasteiger partial charge in [0.05, 0.1) is 0 Å². The summed E-state index contributed by atoms with van der Waals surface area (Å²) in [5.74, 6) is 1.83. The van der Waals surface area contributed by atoms with Gasteiger partial charge in [0.25, 0.3) is 0 Å². The van der Waals surface area contributed by atoms with Gasteiger partial charge in [0.2, 0.25) is 0 Å². The van der Waals surface area contributed by atoms with Crippen LogP contribution in [0.5, 0.6) is 0 Å². The number of fused-ring (bicyclic) bond motifs is 6. The van der Waals surface area contributed by atoms with E-state index in [0.29, 0.717) is 17.5 Å². The van der Waals surface area contributed by atoms with Gasteiger partial charge in [0, 0.05) is 43.8 Å². The Morgan fingerprint density at radius 2 is 0.920 bits per heavy atom.